The van der Waals surface area contributed by atoms with Gasteiger partial charge in [0.15, 0.2) is 0 Å². The molecule has 2 atom stereocenters. The molecule has 186 valence electrons. The van der Waals surface area contributed by atoms with Gasteiger partial charge < -0.3 is 9.64 Å². The molecule has 34 heavy (non-hydrogen) atoms. The van der Waals surface area contributed by atoms with Crippen LogP contribution in [0, 0.1) is 6.92 Å². The standard InChI is InChI=1S/C23H30F2N4O4S/c1-16-21(15-26-29(16)23(24)25)34(31,32)28-14-8-7-13-27(2)22(30)17-9-3-5-11-19(17)33-20-12-6-4-10-18(20)28/h3,5,9,11,15,18,20,23H,4,6-8,10,12-14H2,1-2H3/t18-,20+/m1/s1. The third-order valence-corrected chi connectivity index (χ3v) is 8.70. The van der Waals surface area contributed by atoms with Crippen LogP contribution in [0.4, 0.5) is 8.78 Å². The fourth-order valence-electron chi connectivity index (χ4n) is 4.83. The highest BCUT2D eigenvalue weighted by molar-refractivity contribution is 7.89. The van der Waals surface area contributed by atoms with Gasteiger partial charge in [0.2, 0.25) is 10.0 Å². The summed E-state index contributed by atoms with van der Waals surface area (Å²) in [7, 11) is -2.40. The van der Waals surface area contributed by atoms with E-state index in [-0.39, 0.29) is 23.0 Å². The van der Waals surface area contributed by atoms with Gasteiger partial charge in [-0.15, -0.1) is 0 Å². The van der Waals surface area contributed by atoms with Crippen LogP contribution in [0.1, 0.15) is 61.1 Å². The number of para-hydroxylation sites is 1. The zero-order valence-corrected chi connectivity index (χ0v) is 20.2. The number of halogens is 2. The fourth-order valence-corrected chi connectivity index (χ4v) is 6.69. The van der Waals surface area contributed by atoms with Crippen molar-refractivity contribution in [2.45, 2.75) is 69.0 Å². The maximum atomic E-state index is 13.8. The van der Waals surface area contributed by atoms with Crippen LogP contribution in [-0.2, 0) is 10.0 Å². The van der Waals surface area contributed by atoms with E-state index in [0.29, 0.717) is 48.2 Å². The Labute approximate surface area is 198 Å². The summed E-state index contributed by atoms with van der Waals surface area (Å²) in [6.07, 6.45) is 4.57. The van der Waals surface area contributed by atoms with Crippen LogP contribution in [0.25, 0.3) is 0 Å². The van der Waals surface area contributed by atoms with Crippen molar-refractivity contribution in [1.82, 2.24) is 19.0 Å². The van der Waals surface area contributed by atoms with E-state index >= 15 is 0 Å². The number of carbonyl (C=O) groups is 1. The Morgan fingerprint density at radius 2 is 1.79 bits per heavy atom. The first-order valence-corrected chi connectivity index (χ1v) is 13.0. The first kappa shape index (κ1) is 24.6. The van der Waals surface area contributed by atoms with Crippen molar-refractivity contribution in [3.63, 3.8) is 0 Å². The van der Waals surface area contributed by atoms with Gasteiger partial charge in [-0.25, -0.2) is 13.1 Å². The van der Waals surface area contributed by atoms with Gasteiger partial charge in [-0.1, -0.05) is 18.6 Å². The van der Waals surface area contributed by atoms with Crippen molar-refractivity contribution in [1.29, 1.82) is 0 Å². The zero-order valence-electron chi connectivity index (χ0n) is 19.4. The number of benzene rings is 1. The topological polar surface area (TPSA) is 84.7 Å². The van der Waals surface area contributed by atoms with E-state index in [0.717, 1.165) is 19.0 Å². The van der Waals surface area contributed by atoms with Gasteiger partial charge in [0.25, 0.3) is 5.91 Å². The summed E-state index contributed by atoms with van der Waals surface area (Å²) < 4.78 is 62.3. The molecular formula is C23H30F2N4O4S. The number of alkyl halides is 2. The molecule has 2 heterocycles. The Balaban J connectivity index is 1.75. The zero-order chi connectivity index (χ0) is 24.5. The van der Waals surface area contributed by atoms with Crippen LogP contribution in [0.3, 0.4) is 0 Å². The quantitative estimate of drug-likeness (QED) is 0.645. The number of sulfonamides is 1. The van der Waals surface area contributed by atoms with Crippen molar-refractivity contribution in [3.05, 3.63) is 41.7 Å². The van der Waals surface area contributed by atoms with E-state index < -0.39 is 28.7 Å². The maximum Gasteiger partial charge on any atom is 0.333 e. The summed E-state index contributed by atoms with van der Waals surface area (Å²) in [5.74, 6) is 0.291. The third-order valence-electron chi connectivity index (χ3n) is 6.67. The van der Waals surface area contributed by atoms with Crippen molar-refractivity contribution in [2.75, 3.05) is 20.1 Å². The monoisotopic (exact) mass is 496 g/mol. The molecule has 1 saturated carbocycles. The van der Waals surface area contributed by atoms with E-state index in [4.69, 9.17) is 4.74 Å². The smallest absolute Gasteiger partial charge is 0.333 e. The summed E-state index contributed by atoms with van der Waals surface area (Å²) in [4.78, 5) is 14.4. The molecule has 1 aromatic carbocycles. The predicted molar refractivity (Wildman–Crippen MR) is 121 cm³/mol. The van der Waals surface area contributed by atoms with Gasteiger partial charge in [0.1, 0.15) is 16.7 Å². The van der Waals surface area contributed by atoms with Crippen LogP contribution in [-0.4, -0.2) is 65.6 Å². The molecule has 11 heteroatoms. The maximum absolute atomic E-state index is 13.8. The molecule has 0 unspecified atom stereocenters. The Bertz CT molecular complexity index is 1140. The van der Waals surface area contributed by atoms with E-state index in [9.17, 15) is 22.0 Å². The SMILES string of the molecule is Cc1c(S(=O)(=O)N2CCCCN(C)C(=O)c3ccccc3O[C@H]3CCCC[C@H]32)cnn1C(F)F. The second kappa shape index (κ2) is 9.99. The van der Waals surface area contributed by atoms with Crippen molar-refractivity contribution >= 4 is 15.9 Å². The molecule has 4 rings (SSSR count). The lowest BCUT2D eigenvalue weighted by Gasteiger charge is -2.39. The molecule has 1 fully saturated rings. The molecule has 0 spiro atoms. The van der Waals surface area contributed by atoms with Crippen molar-refractivity contribution in [2.24, 2.45) is 0 Å². The molecule has 1 amide bonds. The van der Waals surface area contributed by atoms with Gasteiger partial charge >= 0.3 is 6.55 Å². The van der Waals surface area contributed by atoms with Crippen LogP contribution >= 0.6 is 0 Å². The van der Waals surface area contributed by atoms with Gasteiger partial charge in [-0.05, 0) is 51.2 Å². The van der Waals surface area contributed by atoms with Crippen molar-refractivity contribution < 1.29 is 26.7 Å². The molecular weight excluding hydrogens is 466 g/mol. The second-order valence-electron chi connectivity index (χ2n) is 8.87. The number of carbonyl (C=O) groups excluding carboxylic acids is 1. The first-order valence-electron chi connectivity index (χ1n) is 11.6. The highest BCUT2D eigenvalue weighted by Crippen LogP contribution is 2.34. The molecule has 1 aliphatic carbocycles. The minimum Gasteiger partial charge on any atom is -0.488 e. The van der Waals surface area contributed by atoms with Crippen LogP contribution in [0.2, 0.25) is 0 Å². The molecule has 0 N–H and O–H groups in total. The minimum atomic E-state index is -4.11. The second-order valence-corrected chi connectivity index (χ2v) is 10.7. The number of nitrogens with zero attached hydrogens (tertiary/aromatic N) is 4. The Morgan fingerprint density at radius 3 is 2.53 bits per heavy atom. The molecule has 1 aliphatic heterocycles. The molecule has 8 nitrogen and oxygen atoms in total. The predicted octanol–water partition coefficient (Wildman–Crippen LogP) is 3.83. The number of ether oxygens (including phenoxy) is 1. The lowest BCUT2D eigenvalue weighted by atomic mass is 9.92. The largest absolute Gasteiger partial charge is 0.488 e. The third kappa shape index (κ3) is 4.68. The molecule has 2 aromatic rings. The number of hydrogen-bond donors (Lipinski definition) is 0. The molecule has 0 saturated heterocycles. The number of amides is 1. The summed E-state index contributed by atoms with van der Waals surface area (Å²) >= 11 is 0. The normalized spacial score (nSPS) is 23.0. The Morgan fingerprint density at radius 1 is 1.09 bits per heavy atom. The molecule has 0 bridgehead atoms. The summed E-state index contributed by atoms with van der Waals surface area (Å²) in [6, 6.07) is 6.53. The summed E-state index contributed by atoms with van der Waals surface area (Å²) in [5.41, 5.74) is 0.350. The fraction of sp³-hybridized carbons (Fsp3) is 0.565. The average Bonchev–Trinajstić information content (AvgIpc) is 3.21. The van der Waals surface area contributed by atoms with Crippen LogP contribution in [0.5, 0.6) is 5.75 Å². The minimum absolute atomic E-state index is 0.0925. The van der Waals surface area contributed by atoms with Gasteiger partial charge in [-0.2, -0.15) is 18.2 Å². The first-order chi connectivity index (χ1) is 16.2. The van der Waals surface area contributed by atoms with E-state index in [2.05, 4.69) is 5.10 Å². The average molecular weight is 497 g/mol. The van der Waals surface area contributed by atoms with E-state index in [1.54, 1.807) is 36.2 Å². The van der Waals surface area contributed by atoms with Gasteiger partial charge in [0.05, 0.1) is 23.5 Å². The Hall–Kier alpha value is -2.53. The number of hydrogen-bond acceptors (Lipinski definition) is 5. The summed E-state index contributed by atoms with van der Waals surface area (Å²) in [5, 5.41) is 3.62. The van der Waals surface area contributed by atoms with Gasteiger partial charge in [0, 0.05) is 20.1 Å². The highest BCUT2D eigenvalue weighted by Gasteiger charge is 2.41. The molecule has 0 radical (unpaired) electrons. The number of rotatable bonds is 3. The highest BCUT2D eigenvalue weighted by atomic mass is 32.2. The number of fused-ring (bicyclic) bond motifs is 2. The number of aromatic nitrogens is 2. The lowest BCUT2D eigenvalue weighted by molar-refractivity contribution is 0.0539. The Kier molecular flexibility index (Phi) is 7.22. The van der Waals surface area contributed by atoms with Crippen molar-refractivity contribution in [3.8, 4) is 5.75 Å². The van der Waals surface area contributed by atoms with Crippen LogP contribution in [0.15, 0.2) is 35.4 Å². The van der Waals surface area contributed by atoms with E-state index in [1.807, 2.05) is 0 Å². The molecule has 1 aromatic heterocycles. The molecule has 2 aliphatic rings. The lowest BCUT2D eigenvalue weighted by Crippen LogP contribution is -2.51. The van der Waals surface area contributed by atoms with E-state index in [1.165, 1.54) is 11.2 Å². The van der Waals surface area contributed by atoms with Gasteiger partial charge in [-0.3, -0.25) is 4.79 Å². The van der Waals surface area contributed by atoms with Crippen LogP contribution < -0.4 is 4.74 Å². The summed E-state index contributed by atoms with van der Waals surface area (Å²) in [6.45, 7) is -0.924.